The third-order valence-electron chi connectivity index (χ3n) is 1.37. The summed E-state index contributed by atoms with van der Waals surface area (Å²) in [4.78, 5) is 0. The smallest absolute Gasteiger partial charge is 0.222 e. The molecular weight excluding hydrogens is 375 g/mol. The van der Waals surface area contributed by atoms with E-state index in [0.29, 0.717) is 0 Å². The second-order valence-corrected chi connectivity index (χ2v) is 3.72. The zero-order valence-electron chi connectivity index (χ0n) is 11.4. The molecule has 6 nitrogen and oxygen atoms in total. The quantitative estimate of drug-likeness (QED) is 0.483. The molecule has 0 saturated carbocycles. The first kappa shape index (κ1) is 27.5. The fourth-order valence-corrected chi connectivity index (χ4v) is 0.874. The van der Waals surface area contributed by atoms with Crippen molar-refractivity contribution in [1.82, 2.24) is 0 Å². The van der Waals surface area contributed by atoms with E-state index in [9.17, 15) is 0 Å². The van der Waals surface area contributed by atoms with E-state index in [-0.39, 0.29) is 19.5 Å². The van der Waals surface area contributed by atoms with Crippen molar-refractivity contribution in [2.45, 2.75) is 39.5 Å². The Morgan fingerprint density at radius 3 is 1.25 bits per heavy atom. The predicted octanol–water partition coefficient (Wildman–Crippen LogP) is -1.03. The average molecular weight is 393 g/mol. The maximum atomic E-state index is 8.49. The number of halogens is 1. The van der Waals surface area contributed by atoms with Gasteiger partial charge in [-0.3, -0.25) is 0 Å². The fraction of sp³-hybridized carbons (Fsp3) is 0.500. The van der Waals surface area contributed by atoms with Crippen molar-refractivity contribution in [3.05, 3.63) is 24.3 Å². The molecule has 0 aliphatic heterocycles. The molecule has 0 aromatic carbocycles. The first-order valence-electron chi connectivity index (χ1n) is 5.38. The largest absolute Gasteiger partial charge is 1.00 e. The van der Waals surface area contributed by atoms with E-state index < -0.39 is 10.2 Å². The summed E-state index contributed by atoms with van der Waals surface area (Å²) in [5.41, 5.74) is 0. The molecule has 1 aliphatic carbocycles. The third-order valence-corrected chi connectivity index (χ3v) is 1.37. The van der Waals surface area contributed by atoms with Crippen molar-refractivity contribution in [2.24, 2.45) is 0 Å². The molecule has 0 unspecified atom stereocenters. The van der Waals surface area contributed by atoms with Gasteiger partial charge >= 0.3 is 19.5 Å². The van der Waals surface area contributed by atoms with E-state index in [2.05, 4.69) is 24.3 Å². The van der Waals surface area contributed by atoms with Crippen molar-refractivity contribution in [3.63, 3.8) is 0 Å². The predicted molar refractivity (Wildman–Crippen MR) is 59.3 cm³/mol. The van der Waals surface area contributed by atoms with Crippen molar-refractivity contribution in [2.75, 3.05) is 0 Å². The zero-order chi connectivity index (χ0) is 15.6. The monoisotopic (exact) mass is 392 g/mol. The molecule has 0 heterocycles. The summed E-state index contributed by atoms with van der Waals surface area (Å²) < 4.78 is 34.0. The molecule has 1 rings (SSSR count). The van der Waals surface area contributed by atoms with Gasteiger partial charge in [0.1, 0.15) is 0 Å². The molecule has 20 heavy (non-hydrogen) atoms. The van der Waals surface area contributed by atoms with Gasteiger partial charge in [0, 0.05) is 13.8 Å². The topological polar surface area (TPSA) is 140 Å². The Balaban J connectivity index is -0.0000000935. The normalized spacial score (nSPS) is 15.0. The molecule has 0 N–H and O–H groups in total. The minimum absolute atomic E-state index is 0. The van der Waals surface area contributed by atoms with Crippen LogP contribution in [0.5, 0.6) is 0 Å². The molecule has 1 aliphatic rings. The third kappa shape index (κ3) is 87.0. The van der Waals surface area contributed by atoms with Gasteiger partial charge in [-0.05, 0) is 25.7 Å². The Bertz CT molecular complexity index is 285. The summed E-state index contributed by atoms with van der Waals surface area (Å²) in [5, 5.41) is 14.6. The number of allylic oxidation sites excluding steroid dienone is 4. The van der Waals surface area contributed by atoms with E-state index in [1.807, 2.05) is 0 Å². The number of hydrogen-bond acceptors (Lipinski definition) is 6. The van der Waals surface area contributed by atoms with Gasteiger partial charge in [0.25, 0.3) is 0 Å². The standard InChI is InChI=1S/C8H12.2C2H3N.ClHO4.Rh/c1-2-4-6-8-7-5-3-1;2*1-2-3;2-1(3,4)5;/h1-4H,5-8H2;2*1H3;(H,2,3,4,5);/q;;;;+1/p-1/b3-1-,4-2-;;;;. The average Bonchev–Trinajstić information content (AvgIpc) is 2.15. The summed E-state index contributed by atoms with van der Waals surface area (Å²) in [5.74, 6) is 0. The van der Waals surface area contributed by atoms with Gasteiger partial charge < -0.3 is 0 Å². The Hall–Kier alpha value is -0.787. The van der Waals surface area contributed by atoms with E-state index in [1.165, 1.54) is 39.5 Å². The van der Waals surface area contributed by atoms with Crippen LogP contribution in [0.4, 0.5) is 0 Å². The van der Waals surface area contributed by atoms with Crippen molar-refractivity contribution in [1.29, 1.82) is 10.5 Å². The summed E-state index contributed by atoms with van der Waals surface area (Å²) in [7, 11) is -4.94. The molecule has 0 aromatic heterocycles. The molecule has 0 amide bonds. The first-order valence-corrected chi connectivity index (χ1v) is 6.62. The Morgan fingerprint density at radius 1 is 0.850 bits per heavy atom. The molecule has 0 radical (unpaired) electrons. The van der Waals surface area contributed by atoms with Gasteiger partial charge in [-0.15, -0.1) is 10.2 Å². The Labute approximate surface area is 135 Å². The first-order chi connectivity index (χ1) is 8.83. The van der Waals surface area contributed by atoms with Crippen LogP contribution < -0.4 is 18.6 Å². The van der Waals surface area contributed by atoms with Crippen LogP contribution in [0.2, 0.25) is 0 Å². The van der Waals surface area contributed by atoms with Crippen LogP contribution in [-0.2, 0) is 19.5 Å². The maximum Gasteiger partial charge on any atom is 1.00 e. The minimum atomic E-state index is -4.94. The molecule has 0 saturated heterocycles. The van der Waals surface area contributed by atoms with Crippen molar-refractivity contribution < 1.29 is 48.4 Å². The van der Waals surface area contributed by atoms with Gasteiger partial charge in [-0.1, -0.05) is 24.3 Å². The molecule has 0 atom stereocenters. The van der Waals surface area contributed by atoms with E-state index in [4.69, 9.17) is 29.2 Å². The number of nitriles is 2. The summed E-state index contributed by atoms with van der Waals surface area (Å²) >= 11 is 0. The van der Waals surface area contributed by atoms with Gasteiger partial charge in [-0.25, -0.2) is 18.6 Å². The van der Waals surface area contributed by atoms with Gasteiger partial charge in [0.05, 0.1) is 12.1 Å². The van der Waals surface area contributed by atoms with E-state index in [0.717, 1.165) is 0 Å². The fourth-order valence-electron chi connectivity index (χ4n) is 0.874. The molecule has 0 bridgehead atoms. The maximum absolute atomic E-state index is 8.49. The second-order valence-electron chi connectivity index (χ2n) is 2.97. The molecular formula is C12H18ClN2O4Rh. The summed E-state index contributed by atoms with van der Waals surface area (Å²) in [6, 6.07) is 3.50. The van der Waals surface area contributed by atoms with Gasteiger partial charge in [0.15, 0.2) is 0 Å². The molecule has 0 aromatic rings. The van der Waals surface area contributed by atoms with Crippen LogP contribution in [0.1, 0.15) is 39.5 Å². The SMILES string of the molecule is C1=C\CCCC\C=C/1.CC#N.CC#N.[O-][Cl+3]([O-])([O-])[O-].[Rh+]. The van der Waals surface area contributed by atoms with Gasteiger partial charge in [0.2, 0.25) is 0 Å². The van der Waals surface area contributed by atoms with Crippen LogP contribution in [0, 0.1) is 32.9 Å². The van der Waals surface area contributed by atoms with E-state index in [1.54, 1.807) is 12.1 Å². The minimum Gasteiger partial charge on any atom is -0.222 e. The Kier molecular flexibility index (Phi) is 32.1. The molecule has 8 heteroatoms. The number of hydrogen-bond donors (Lipinski definition) is 0. The molecule has 0 spiro atoms. The van der Waals surface area contributed by atoms with Crippen molar-refractivity contribution >= 4 is 0 Å². The number of rotatable bonds is 0. The summed E-state index contributed by atoms with van der Waals surface area (Å²) in [6.45, 7) is 2.86. The van der Waals surface area contributed by atoms with Crippen LogP contribution in [-0.4, -0.2) is 0 Å². The molecule has 0 fully saturated rings. The number of nitrogens with zero attached hydrogens (tertiary/aromatic N) is 2. The van der Waals surface area contributed by atoms with Crippen LogP contribution in [0.3, 0.4) is 0 Å². The van der Waals surface area contributed by atoms with Gasteiger partial charge in [-0.2, -0.15) is 10.5 Å². The molecule has 116 valence electrons. The zero-order valence-corrected chi connectivity index (χ0v) is 13.8. The van der Waals surface area contributed by atoms with E-state index >= 15 is 0 Å². The summed E-state index contributed by atoms with van der Waals surface area (Å²) in [6.07, 6.45) is 14.0. The van der Waals surface area contributed by atoms with Crippen LogP contribution >= 0.6 is 0 Å². The van der Waals surface area contributed by atoms with Crippen molar-refractivity contribution in [3.8, 4) is 12.1 Å². The van der Waals surface area contributed by atoms with Crippen LogP contribution in [0.25, 0.3) is 0 Å². The van der Waals surface area contributed by atoms with Crippen LogP contribution in [0.15, 0.2) is 24.3 Å². The Morgan fingerprint density at radius 2 is 1.05 bits per heavy atom. The second kappa shape index (κ2) is 23.3.